The summed E-state index contributed by atoms with van der Waals surface area (Å²) < 4.78 is 19.3. The molecule has 0 N–H and O–H groups in total. The zero-order valence-corrected chi connectivity index (χ0v) is 17.7. The zero-order valence-electron chi connectivity index (χ0n) is 17.7. The molecule has 5 nitrogen and oxygen atoms in total. The summed E-state index contributed by atoms with van der Waals surface area (Å²) in [6.45, 7) is 4.88. The smallest absolute Gasteiger partial charge is 0.258 e. The Morgan fingerprint density at radius 1 is 1.23 bits per heavy atom. The lowest BCUT2D eigenvalue weighted by Gasteiger charge is -2.28. The quantitative estimate of drug-likeness (QED) is 0.617. The number of carbonyl (C=O) groups is 1. The predicted octanol–water partition coefficient (Wildman–Crippen LogP) is 4.66. The monoisotopic (exact) mass is 419 g/mol. The Balaban J connectivity index is 1.39. The number of halogens is 1. The first kappa shape index (κ1) is 19.9. The Labute approximate surface area is 181 Å². The van der Waals surface area contributed by atoms with Gasteiger partial charge in [-0.05, 0) is 49.1 Å². The topological polar surface area (TPSA) is 49.6 Å². The number of aromatic nitrogens is 1. The summed E-state index contributed by atoms with van der Waals surface area (Å²) >= 11 is 0. The number of hydrogen-bond acceptors (Lipinski definition) is 4. The van der Waals surface area contributed by atoms with Gasteiger partial charge >= 0.3 is 0 Å². The molecular weight excluding hydrogens is 393 g/mol. The Hall–Kier alpha value is -2.99. The number of benzene rings is 1. The maximum absolute atomic E-state index is 13.7. The van der Waals surface area contributed by atoms with Gasteiger partial charge in [0.25, 0.3) is 5.91 Å². The van der Waals surface area contributed by atoms with Crippen molar-refractivity contribution in [3.8, 4) is 0 Å². The van der Waals surface area contributed by atoms with Crippen molar-refractivity contribution in [2.24, 2.45) is 0 Å². The highest BCUT2D eigenvalue weighted by atomic mass is 19.1. The Kier molecular flexibility index (Phi) is 5.32. The fraction of sp³-hybridized carbons (Fsp3) is 0.360. The molecule has 0 spiro atoms. The van der Waals surface area contributed by atoms with Crippen LogP contribution in [0, 0.1) is 12.7 Å². The summed E-state index contributed by atoms with van der Waals surface area (Å²) in [7, 11) is 0. The zero-order chi connectivity index (χ0) is 21.4. The molecule has 3 aromatic rings. The van der Waals surface area contributed by atoms with Crippen LogP contribution in [-0.2, 0) is 19.5 Å². The Bertz CT molecular complexity index is 1080. The van der Waals surface area contributed by atoms with E-state index in [0.717, 1.165) is 66.9 Å². The first-order chi connectivity index (χ1) is 15.1. The normalized spacial score (nSPS) is 18.9. The van der Waals surface area contributed by atoms with Crippen LogP contribution < -0.4 is 0 Å². The van der Waals surface area contributed by atoms with Crippen molar-refractivity contribution >= 4 is 5.91 Å². The maximum Gasteiger partial charge on any atom is 0.258 e. The number of hydrogen-bond donors (Lipinski definition) is 0. The predicted molar refractivity (Wildman–Crippen MR) is 115 cm³/mol. The number of pyridine rings is 1. The summed E-state index contributed by atoms with van der Waals surface area (Å²) in [4.78, 5) is 22.2. The number of amides is 1. The third-order valence-electron chi connectivity index (χ3n) is 6.42. The van der Waals surface area contributed by atoms with Crippen LogP contribution in [0.1, 0.15) is 57.5 Å². The van der Waals surface area contributed by atoms with Crippen LogP contribution in [0.3, 0.4) is 0 Å². The summed E-state index contributed by atoms with van der Waals surface area (Å²) in [6, 6.07) is 10.7. The third-order valence-corrected chi connectivity index (χ3v) is 6.42. The van der Waals surface area contributed by atoms with Crippen LogP contribution in [0.4, 0.5) is 4.39 Å². The van der Waals surface area contributed by atoms with E-state index in [-0.39, 0.29) is 17.8 Å². The highest BCUT2D eigenvalue weighted by Crippen LogP contribution is 2.36. The molecule has 2 aromatic heterocycles. The molecule has 1 fully saturated rings. The van der Waals surface area contributed by atoms with Crippen LogP contribution in [0.15, 0.2) is 53.2 Å². The minimum atomic E-state index is -0.225. The van der Waals surface area contributed by atoms with Gasteiger partial charge in [-0.2, -0.15) is 0 Å². The second-order valence-corrected chi connectivity index (χ2v) is 8.47. The van der Waals surface area contributed by atoms with Gasteiger partial charge in [0, 0.05) is 50.6 Å². The first-order valence-corrected chi connectivity index (χ1v) is 10.9. The van der Waals surface area contributed by atoms with E-state index < -0.39 is 0 Å². The number of fused-ring (bicyclic) bond motifs is 1. The van der Waals surface area contributed by atoms with E-state index in [1.54, 1.807) is 6.20 Å². The van der Waals surface area contributed by atoms with E-state index in [1.807, 2.05) is 42.3 Å². The Morgan fingerprint density at radius 3 is 2.84 bits per heavy atom. The molecular formula is C25H26FN3O2. The number of likely N-dealkylation sites (tertiary alicyclic amines) is 1. The molecule has 0 saturated carbocycles. The van der Waals surface area contributed by atoms with E-state index in [9.17, 15) is 9.18 Å². The lowest BCUT2D eigenvalue weighted by atomic mass is 10.00. The summed E-state index contributed by atoms with van der Waals surface area (Å²) in [5.74, 6) is 1.46. The van der Waals surface area contributed by atoms with Gasteiger partial charge in [0.2, 0.25) is 0 Å². The molecule has 4 heterocycles. The van der Waals surface area contributed by atoms with Crippen molar-refractivity contribution in [2.45, 2.75) is 45.3 Å². The van der Waals surface area contributed by atoms with Crippen LogP contribution in [-0.4, -0.2) is 33.8 Å². The van der Waals surface area contributed by atoms with Crippen molar-refractivity contribution in [3.63, 3.8) is 0 Å². The van der Waals surface area contributed by atoms with E-state index in [4.69, 9.17) is 4.42 Å². The van der Waals surface area contributed by atoms with Crippen molar-refractivity contribution in [2.75, 3.05) is 13.1 Å². The van der Waals surface area contributed by atoms with Crippen LogP contribution >= 0.6 is 0 Å². The highest BCUT2D eigenvalue weighted by Gasteiger charge is 2.36. The van der Waals surface area contributed by atoms with Gasteiger partial charge in [-0.1, -0.05) is 18.2 Å². The average molecular weight is 420 g/mol. The second kappa shape index (κ2) is 8.27. The number of aryl methyl sites for hydroxylation is 1. The molecule has 0 bridgehead atoms. The molecule has 1 amide bonds. The SMILES string of the molecule is Cc1oc2c(c1C(=O)N1CCC[C@H]1c1cccnc1)CN(Cc1ccc(F)cc1)CC2. The molecule has 1 saturated heterocycles. The minimum Gasteiger partial charge on any atom is -0.465 e. The lowest BCUT2D eigenvalue weighted by molar-refractivity contribution is 0.0731. The van der Waals surface area contributed by atoms with Crippen molar-refractivity contribution in [1.29, 1.82) is 0 Å². The van der Waals surface area contributed by atoms with Crippen LogP contribution in [0.5, 0.6) is 0 Å². The molecule has 0 unspecified atom stereocenters. The number of furan rings is 1. The molecule has 0 aliphatic carbocycles. The van der Waals surface area contributed by atoms with Gasteiger partial charge in [0.1, 0.15) is 17.3 Å². The first-order valence-electron chi connectivity index (χ1n) is 10.9. The molecule has 1 aromatic carbocycles. The highest BCUT2D eigenvalue weighted by molar-refractivity contribution is 5.97. The van der Waals surface area contributed by atoms with Crippen molar-refractivity contribution < 1.29 is 13.6 Å². The van der Waals surface area contributed by atoms with E-state index in [2.05, 4.69) is 9.88 Å². The molecule has 31 heavy (non-hydrogen) atoms. The minimum absolute atomic E-state index is 0.0532. The molecule has 6 heteroatoms. The van der Waals surface area contributed by atoms with Gasteiger partial charge in [0.15, 0.2) is 0 Å². The van der Waals surface area contributed by atoms with Crippen LogP contribution in [0.2, 0.25) is 0 Å². The Morgan fingerprint density at radius 2 is 2.06 bits per heavy atom. The number of nitrogens with zero attached hydrogens (tertiary/aromatic N) is 3. The van der Waals surface area contributed by atoms with Gasteiger partial charge in [-0.3, -0.25) is 14.7 Å². The fourth-order valence-corrected chi connectivity index (χ4v) is 4.92. The van der Waals surface area contributed by atoms with Crippen molar-refractivity contribution in [1.82, 2.24) is 14.8 Å². The molecule has 0 radical (unpaired) electrons. The third kappa shape index (κ3) is 3.88. The average Bonchev–Trinajstić information content (AvgIpc) is 3.39. The molecule has 160 valence electrons. The van der Waals surface area contributed by atoms with E-state index in [1.165, 1.54) is 12.1 Å². The summed E-state index contributed by atoms with van der Waals surface area (Å²) in [5, 5.41) is 0. The number of carbonyl (C=O) groups excluding carboxylic acids is 1. The van der Waals surface area contributed by atoms with E-state index >= 15 is 0 Å². The number of rotatable bonds is 4. The second-order valence-electron chi connectivity index (χ2n) is 8.47. The molecule has 2 aliphatic rings. The van der Waals surface area contributed by atoms with E-state index in [0.29, 0.717) is 12.3 Å². The molecule has 5 rings (SSSR count). The summed E-state index contributed by atoms with van der Waals surface area (Å²) in [6.07, 6.45) is 6.33. The van der Waals surface area contributed by atoms with Gasteiger partial charge in [0.05, 0.1) is 11.6 Å². The van der Waals surface area contributed by atoms with Crippen LogP contribution in [0.25, 0.3) is 0 Å². The largest absolute Gasteiger partial charge is 0.465 e. The van der Waals surface area contributed by atoms with Gasteiger partial charge < -0.3 is 9.32 Å². The molecule has 2 aliphatic heterocycles. The fourth-order valence-electron chi connectivity index (χ4n) is 4.92. The van der Waals surface area contributed by atoms with Gasteiger partial charge in [-0.15, -0.1) is 0 Å². The lowest BCUT2D eigenvalue weighted by Crippen LogP contribution is -2.34. The summed E-state index contributed by atoms with van der Waals surface area (Å²) in [5.41, 5.74) is 3.87. The van der Waals surface area contributed by atoms with Crippen molar-refractivity contribution in [3.05, 3.63) is 88.4 Å². The molecule has 1 atom stereocenters. The maximum atomic E-state index is 13.7. The standard InChI is InChI=1S/C25H26FN3O2/c1-17-24(25(30)29-12-3-5-22(29)19-4-2-11-27-14-19)21-16-28(13-10-23(21)31-17)15-18-6-8-20(26)9-7-18/h2,4,6-9,11,14,22H,3,5,10,12-13,15-16H2,1H3/t22-/m0/s1. The van der Waals surface area contributed by atoms with Gasteiger partial charge in [-0.25, -0.2) is 4.39 Å².